The molecule has 0 heterocycles. The molecule has 0 aromatic heterocycles. The first kappa shape index (κ1) is 18.6. The molecular formula is C29H25N. The Balaban J connectivity index is 1.52. The van der Waals surface area contributed by atoms with Gasteiger partial charge in [-0.15, -0.1) is 0 Å². The van der Waals surface area contributed by atoms with Gasteiger partial charge in [0.2, 0.25) is 0 Å². The molecule has 30 heavy (non-hydrogen) atoms. The third kappa shape index (κ3) is 3.71. The van der Waals surface area contributed by atoms with Crippen LogP contribution in [-0.2, 0) is 12.8 Å². The maximum atomic E-state index is 4.67. The highest BCUT2D eigenvalue weighted by Crippen LogP contribution is 2.48. The third-order valence-corrected chi connectivity index (χ3v) is 6.16. The van der Waals surface area contributed by atoms with E-state index in [1.54, 1.807) is 0 Å². The van der Waals surface area contributed by atoms with Gasteiger partial charge in [0.05, 0.1) is 5.69 Å². The monoisotopic (exact) mass is 387 g/mol. The molecule has 1 aliphatic carbocycles. The third-order valence-electron chi connectivity index (χ3n) is 6.16. The van der Waals surface area contributed by atoms with Crippen LogP contribution in [0.15, 0.2) is 114 Å². The fraction of sp³-hybridized carbons (Fsp3) is 0.138. The van der Waals surface area contributed by atoms with E-state index in [0.717, 1.165) is 18.5 Å². The van der Waals surface area contributed by atoms with Crippen molar-refractivity contribution in [3.63, 3.8) is 0 Å². The molecule has 0 aliphatic heterocycles. The molecule has 0 radical (unpaired) electrons. The minimum absolute atomic E-state index is 0.380. The van der Waals surface area contributed by atoms with Gasteiger partial charge in [-0.05, 0) is 52.3 Å². The topological polar surface area (TPSA) is 12.4 Å². The van der Waals surface area contributed by atoms with E-state index in [1.165, 1.54) is 27.8 Å². The molecule has 2 unspecified atom stereocenters. The van der Waals surface area contributed by atoms with Gasteiger partial charge in [-0.2, -0.15) is 0 Å². The van der Waals surface area contributed by atoms with Crippen molar-refractivity contribution in [2.24, 2.45) is 4.99 Å². The lowest BCUT2D eigenvalue weighted by atomic mass is 9.79. The lowest BCUT2D eigenvalue weighted by molar-refractivity contribution is 0.653. The van der Waals surface area contributed by atoms with E-state index in [1.807, 2.05) is 36.5 Å². The number of hydrogen-bond donors (Lipinski definition) is 0. The molecule has 0 saturated carbocycles. The molecule has 5 rings (SSSR count). The van der Waals surface area contributed by atoms with E-state index in [0.29, 0.717) is 11.8 Å². The van der Waals surface area contributed by atoms with Crippen molar-refractivity contribution < 1.29 is 0 Å². The first-order valence-corrected chi connectivity index (χ1v) is 10.7. The van der Waals surface area contributed by atoms with Crippen LogP contribution in [-0.4, -0.2) is 6.21 Å². The Hall–Kier alpha value is -3.45. The number of para-hydroxylation sites is 1. The molecule has 0 amide bonds. The second kappa shape index (κ2) is 8.51. The van der Waals surface area contributed by atoms with Crippen molar-refractivity contribution in [2.75, 3.05) is 0 Å². The van der Waals surface area contributed by atoms with Gasteiger partial charge < -0.3 is 0 Å². The molecule has 0 N–H and O–H groups in total. The van der Waals surface area contributed by atoms with Crippen LogP contribution in [0.25, 0.3) is 0 Å². The van der Waals surface area contributed by atoms with E-state index in [2.05, 4.69) is 83.9 Å². The van der Waals surface area contributed by atoms with Gasteiger partial charge in [0, 0.05) is 18.6 Å². The molecule has 0 bridgehead atoms. The molecule has 4 aromatic rings. The maximum absolute atomic E-state index is 4.67. The Morgan fingerprint density at radius 1 is 0.667 bits per heavy atom. The van der Waals surface area contributed by atoms with E-state index >= 15 is 0 Å². The summed E-state index contributed by atoms with van der Waals surface area (Å²) >= 11 is 0. The van der Waals surface area contributed by atoms with Gasteiger partial charge in [-0.25, -0.2) is 0 Å². The quantitative estimate of drug-likeness (QED) is 0.324. The number of aliphatic imine (C=N–C) groups is 1. The molecule has 2 atom stereocenters. The second-order valence-corrected chi connectivity index (χ2v) is 7.95. The van der Waals surface area contributed by atoms with Crippen LogP contribution in [0, 0.1) is 0 Å². The van der Waals surface area contributed by atoms with Crippen molar-refractivity contribution >= 4 is 11.9 Å². The van der Waals surface area contributed by atoms with E-state index in [4.69, 9.17) is 0 Å². The van der Waals surface area contributed by atoms with Gasteiger partial charge in [0.1, 0.15) is 0 Å². The maximum Gasteiger partial charge on any atom is 0.0625 e. The molecule has 4 aromatic carbocycles. The Labute approximate surface area is 178 Å². The highest BCUT2D eigenvalue weighted by Gasteiger charge is 2.35. The van der Waals surface area contributed by atoms with Gasteiger partial charge in [-0.1, -0.05) is 97.1 Å². The number of fused-ring (bicyclic) bond motifs is 1. The van der Waals surface area contributed by atoms with E-state index < -0.39 is 0 Å². The summed E-state index contributed by atoms with van der Waals surface area (Å²) in [6.07, 6.45) is 3.98. The smallest absolute Gasteiger partial charge is 0.0625 e. The molecule has 1 nitrogen and oxygen atoms in total. The standard InChI is InChI=1S/C29H25N/c1-3-11-22(12-4-1)28-21-24-14-8-10-18-27(24)29(28)26-17-9-7-13-23(26)19-20-30-25-15-5-2-6-16-25/h1-18,20,28-29H,19,21H2. The minimum Gasteiger partial charge on any atom is -0.261 e. The van der Waals surface area contributed by atoms with Gasteiger partial charge in [0.25, 0.3) is 0 Å². The van der Waals surface area contributed by atoms with Gasteiger partial charge >= 0.3 is 0 Å². The largest absolute Gasteiger partial charge is 0.261 e. The summed E-state index contributed by atoms with van der Waals surface area (Å²) in [7, 11) is 0. The zero-order valence-corrected chi connectivity index (χ0v) is 17.0. The predicted molar refractivity (Wildman–Crippen MR) is 126 cm³/mol. The number of benzene rings is 4. The lowest BCUT2D eigenvalue weighted by Crippen LogP contribution is -2.10. The summed E-state index contributed by atoms with van der Waals surface area (Å²) in [5, 5.41) is 0. The Morgan fingerprint density at radius 2 is 1.30 bits per heavy atom. The number of hydrogen-bond acceptors (Lipinski definition) is 1. The van der Waals surface area contributed by atoms with Gasteiger partial charge in [0.15, 0.2) is 0 Å². The zero-order valence-electron chi connectivity index (χ0n) is 17.0. The summed E-state index contributed by atoms with van der Waals surface area (Å²) in [5.74, 6) is 0.848. The average Bonchev–Trinajstić information content (AvgIpc) is 3.20. The van der Waals surface area contributed by atoms with Crippen molar-refractivity contribution in [3.8, 4) is 0 Å². The van der Waals surface area contributed by atoms with Crippen LogP contribution < -0.4 is 0 Å². The number of rotatable bonds is 5. The molecule has 0 spiro atoms. The molecule has 0 fully saturated rings. The first-order valence-electron chi connectivity index (χ1n) is 10.7. The zero-order chi connectivity index (χ0) is 20.2. The van der Waals surface area contributed by atoms with Crippen molar-refractivity contribution in [3.05, 3.63) is 137 Å². The molecule has 146 valence electrons. The Kier molecular flexibility index (Phi) is 5.26. The van der Waals surface area contributed by atoms with Crippen molar-refractivity contribution in [1.29, 1.82) is 0 Å². The fourth-order valence-corrected chi connectivity index (χ4v) is 4.78. The molecule has 0 saturated heterocycles. The first-order chi connectivity index (χ1) is 14.9. The molecule has 1 heteroatoms. The van der Waals surface area contributed by atoms with E-state index in [-0.39, 0.29) is 0 Å². The van der Waals surface area contributed by atoms with Crippen LogP contribution in [0.1, 0.15) is 39.7 Å². The highest BCUT2D eigenvalue weighted by atomic mass is 14.7. The SMILES string of the molecule is C(Cc1ccccc1C1c2ccccc2CC1c1ccccc1)=Nc1ccccc1. The normalized spacial score (nSPS) is 17.9. The van der Waals surface area contributed by atoms with Crippen molar-refractivity contribution in [2.45, 2.75) is 24.7 Å². The second-order valence-electron chi connectivity index (χ2n) is 7.95. The van der Waals surface area contributed by atoms with Crippen LogP contribution in [0.3, 0.4) is 0 Å². The highest BCUT2D eigenvalue weighted by molar-refractivity contribution is 5.67. The summed E-state index contributed by atoms with van der Waals surface area (Å²) in [6, 6.07) is 39.0. The van der Waals surface area contributed by atoms with Crippen LogP contribution in [0.4, 0.5) is 5.69 Å². The van der Waals surface area contributed by atoms with Crippen LogP contribution >= 0.6 is 0 Å². The predicted octanol–water partition coefficient (Wildman–Crippen LogP) is 7.10. The fourth-order valence-electron chi connectivity index (χ4n) is 4.78. The average molecular weight is 388 g/mol. The summed E-state index contributed by atoms with van der Waals surface area (Å²) in [6.45, 7) is 0. The van der Waals surface area contributed by atoms with Gasteiger partial charge in [-0.3, -0.25) is 4.99 Å². The van der Waals surface area contributed by atoms with Crippen LogP contribution in [0.5, 0.6) is 0 Å². The minimum atomic E-state index is 0.380. The lowest BCUT2D eigenvalue weighted by Gasteiger charge is -2.24. The Bertz CT molecular complexity index is 1150. The summed E-state index contributed by atoms with van der Waals surface area (Å²) < 4.78 is 0. The molecular weight excluding hydrogens is 362 g/mol. The van der Waals surface area contributed by atoms with Crippen molar-refractivity contribution in [1.82, 2.24) is 0 Å². The summed E-state index contributed by atoms with van der Waals surface area (Å²) in [4.78, 5) is 4.67. The molecule has 1 aliphatic rings. The van der Waals surface area contributed by atoms with E-state index in [9.17, 15) is 0 Å². The number of nitrogens with zero attached hydrogens (tertiary/aromatic N) is 1. The van der Waals surface area contributed by atoms with Crippen LogP contribution in [0.2, 0.25) is 0 Å². The Morgan fingerprint density at radius 3 is 2.10 bits per heavy atom. The summed E-state index contributed by atoms with van der Waals surface area (Å²) in [5.41, 5.74) is 8.16.